The quantitative estimate of drug-likeness (QED) is 0.780. The lowest BCUT2D eigenvalue weighted by molar-refractivity contribution is 0.551. The van der Waals surface area contributed by atoms with Crippen LogP contribution in [0.3, 0.4) is 0 Å². The van der Waals surface area contributed by atoms with Gasteiger partial charge in [-0.2, -0.15) is 0 Å². The Balaban J connectivity index is 2.46. The Bertz CT molecular complexity index is 346. The fourth-order valence-corrected chi connectivity index (χ4v) is 1.94. The summed E-state index contributed by atoms with van der Waals surface area (Å²) in [7, 11) is 2.12. The van der Waals surface area contributed by atoms with E-state index in [0.29, 0.717) is 11.8 Å². The highest BCUT2D eigenvalue weighted by atomic mass is 15.2. The Labute approximate surface area is 118 Å². The van der Waals surface area contributed by atoms with E-state index in [9.17, 15) is 0 Å². The molecule has 19 heavy (non-hydrogen) atoms. The molecule has 0 aromatic carbocycles. The molecule has 1 rings (SSSR count). The van der Waals surface area contributed by atoms with Crippen molar-refractivity contribution in [2.45, 2.75) is 40.7 Å². The maximum Gasteiger partial charge on any atom is 0.128 e. The maximum absolute atomic E-state index is 4.55. The van der Waals surface area contributed by atoms with Crippen LogP contribution in [0.1, 0.15) is 39.7 Å². The lowest BCUT2D eigenvalue weighted by atomic mass is 10.1. The van der Waals surface area contributed by atoms with E-state index in [1.165, 1.54) is 12.0 Å². The summed E-state index contributed by atoms with van der Waals surface area (Å²) in [5.74, 6) is 2.46. The van der Waals surface area contributed by atoms with Gasteiger partial charge in [0.2, 0.25) is 0 Å². The van der Waals surface area contributed by atoms with E-state index >= 15 is 0 Å². The molecular formula is C16H29N3. The van der Waals surface area contributed by atoms with E-state index in [1.54, 1.807) is 0 Å². The van der Waals surface area contributed by atoms with Crippen molar-refractivity contribution in [2.24, 2.45) is 11.8 Å². The highest BCUT2D eigenvalue weighted by molar-refractivity contribution is 5.38. The molecule has 108 valence electrons. The van der Waals surface area contributed by atoms with E-state index < -0.39 is 0 Å². The van der Waals surface area contributed by atoms with Gasteiger partial charge < -0.3 is 10.2 Å². The van der Waals surface area contributed by atoms with Crippen LogP contribution < -0.4 is 10.2 Å². The van der Waals surface area contributed by atoms with Crippen LogP contribution >= 0.6 is 0 Å². The van der Waals surface area contributed by atoms with Crippen molar-refractivity contribution in [1.29, 1.82) is 0 Å². The minimum absolute atomic E-state index is 0.689. The molecule has 3 nitrogen and oxygen atoms in total. The Hall–Kier alpha value is -1.09. The Morgan fingerprint density at radius 2 is 2.00 bits per heavy atom. The van der Waals surface area contributed by atoms with Gasteiger partial charge in [0.15, 0.2) is 0 Å². The Morgan fingerprint density at radius 1 is 1.26 bits per heavy atom. The first-order chi connectivity index (χ1) is 9.02. The van der Waals surface area contributed by atoms with Crippen molar-refractivity contribution < 1.29 is 0 Å². The first-order valence-corrected chi connectivity index (χ1v) is 7.39. The molecule has 1 N–H and O–H groups in total. The number of pyridine rings is 1. The molecule has 0 aliphatic carbocycles. The van der Waals surface area contributed by atoms with Gasteiger partial charge in [-0.05, 0) is 30.0 Å². The van der Waals surface area contributed by atoms with E-state index in [0.717, 1.165) is 25.5 Å². The van der Waals surface area contributed by atoms with E-state index in [2.05, 4.69) is 62.1 Å². The molecule has 1 unspecified atom stereocenters. The molecule has 0 fully saturated rings. The summed E-state index contributed by atoms with van der Waals surface area (Å²) in [5.41, 5.74) is 1.25. The van der Waals surface area contributed by atoms with E-state index in [4.69, 9.17) is 0 Å². The van der Waals surface area contributed by atoms with E-state index in [-0.39, 0.29) is 0 Å². The largest absolute Gasteiger partial charge is 0.359 e. The van der Waals surface area contributed by atoms with E-state index in [1.807, 2.05) is 6.20 Å². The van der Waals surface area contributed by atoms with Gasteiger partial charge in [-0.25, -0.2) is 4.98 Å². The Morgan fingerprint density at radius 3 is 2.53 bits per heavy atom. The molecule has 1 aromatic heterocycles. The number of hydrogen-bond acceptors (Lipinski definition) is 3. The van der Waals surface area contributed by atoms with Crippen LogP contribution in [0, 0.1) is 11.8 Å². The number of rotatable bonds is 8. The topological polar surface area (TPSA) is 28.2 Å². The second-order valence-corrected chi connectivity index (χ2v) is 5.94. The monoisotopic (exact) mass is 263 g/mol. The van der Waals surface area contributed by atoms with Crippen LogP contribution in [-0.4, -0.2) is 25.1 Å². The van der Waals surface area contributed by atoms with Gasteiger partial charge in [0.05, 0.1) is 0 Å². The standard InChI is InChI=1S/C16H29N3/c1-6-14(4)12-19(5)16-8-7-15(11-18-16)10-17-9-13(2)3/h7-8,11,13-14,17H,6,9-10,12H2,1-5H3. The SMILES string of the molecule is CCC(C)CN(C)c1ccc(CNCC(C)C)cn1. The molecule has 1 heterocycles. The zero-order valence-corrected chi connectivity index (χ0v) is 13.1. The van der Waals surface area contributed by atoms with Gasteiger partial charge in [0.25, 0.3) is 0 Å². The van der Waals surface area contributed by atoms with Crippen LogP contribution in [-0.2, 0) is 6.54 Å². The molecule has 0 bridgehead atoms. The predicted molar refractivity (Wildman–Crippen MR) is 83.5 cm³/mol. The van der Waals surface area contributed by atoms with Crippen molar-refractivity contribution >= 4 is 5.82 Å². The fourth-order valence-electron chi connectivity index (χ4n) is 1.94. The van der Waals surface area contributed by atoms with Crippen molar-refractivity contribution in [1.82, 2.24) is 10.3 Å². The highest BCUT2D eigenvalue weighted by Gasteiger charge is 2.06. The van der Waals surface area contributed by atoms with Crippen molar-refractivity contribution in [3.05, 3.63) is 23.9 Å². The summed E-state index contributed by atoms with van der Waals surface area (Å²) in [6.45, 7) is 12.0. The third kappa shape index (κ3) is 6.06. The number of anilines is 1. The minimum Gasteiger partial charge on any atom is -0.359 e. The molecule has 0 radical (unpaired) electrons. The maximum atomic E-state index is 4.55. The average Bonchev–Trinajstić information content (AvgIpc) is 2.38. The third-order valence-electron chi connectivity index (χ3n) is 3.36. The van der Waals surface area contributed by atoms with Crippen molar-refractivity contribution in [2.75, 3.05) is 25.0 Å². The average molecular weight is 263 g/mol. The van der Waals surface area contributed by atoms with Crippen LogP contribution in [0.25, 0.3) is 0 Å². The van der Waals surface area contributed by atoms with Gasteiger partial charge >= 0.3 is 0 Å². The summed E-state index contributed by atoms with van der Waals surface area (Å²) in [5, 5.41) is 3.44. The van der Waals surface area contributed by atoms with Gasteiger partial charge in [0.1, 0.15) is 5.82 Å². The van der Waals surface area contributed by atoms with Crippen LogP contribution in [0.2, 0.25) is 0 Å². The highest BCUT2D eigenvalue weighted by Crippen LogP contribution is 2.12. The molecule has 0 amide bonds. The summed E-state index contributed by atoms with van der Waals surface area (Å²) in [6.07, 6.45) is 3.19. The van der Waals surface area contributed by atoms with Crippen molar-refractivity contribution in [3.63, 3.8) is 0 Å². The predicted octanol–water partition coefficient (Wildman–Crippen LogP) is 3.31. The number of nitrogens with one attached hydrogen (secondary N) is 1. The van der Waals surface area contributed by atoms with Crippen LogP contribution in [0.15, 0.2) is 18.3 Å². The summed E-state index contributed by atoms with van der Waals surface area (Å²) in [4.78, 5) is 6.79. The molecule has 1 atom stereocenters. The molecule has 0 saturated carbocycles. The minimum atomic E-state index is 0.689. The second kappa shape index (κ2) is 8.16. The smallest absolute Gasteiger partial charge is 0.128 e. The Kier molecular flexibility index (Phi) is 6.85. The summed E-state index contributed by atoms with van der Waals surface area (Å²) < 4.78 is 0. The first kappa shape index (κ1) is 16.0. The molecule has 0 saturated heterocycles. The zero-order chi connectivity index (χ0) is 14.3. The molecule has 0 aliphatic rings. The lowest BCUT2D eigenvalue weighted by Gasteiger charge is -2.21. The van der Waals surface area contributed by atoms with Crippen LogP contribution in [0.4, 0.5) is 5.82 Å². The lowest BCUT2D eigenvalue weighted by Crippen LogP contribution is -2.24. The number of aromatic nitrogens is 1. The van der Waals surface area contributed by atoms with Crippen LogP contribution in [0.5, 0.6) is 0 Å². The summed E-state index contributed by atoms with van der Waals surface area (Å²) in [6, 6.07) is 4.29. The number of hydrogen-bond donors (Lipinski definition) is 1. The molecule has 0 aliphatic heterocycles. The fraction of sp³-hybridized carbons (Fsp3) is 0.688. The molecular weight excluding hydrogens is 234 g/mol. The van der Waals surface area contributed by atoms with Crippen molar-refractivity contribution in [3.8, 4) is 0 Å². The normalized spacial score (nSPS) is 12.7. The van der Waals surface area contributed by atoms with Gasteiger partial charge in [0, 0.05) is 26.3 Å². The van der Waals surface area contributed by atoms with Gasteiger partial charge in [-0.3, -0.25) is 0 Å². The molecule has 1 aromatic rings. The second-order valence-electron chi connectivity index (χ2n) is 5.94. The zero-order valence-electron chi connectivity index (χ0n) is 13.1. The number of nitrogens with zero attached hydrogens (tertiary/aromatic N) is 2. The molecule has 0 spiro atoms. The molecule has 3 heteroatoms. The van der Waals surface area contributed by atoms with Gasteiger partial charge in [-0.15, -0.1) is 0 Å². The first-order valence-electron chi connectivity index (χ1n) is 7.39. The summed E-state index contributed by atoms with van der Waals surface area (Å²) >= 11 is 0. The van der Waals surface area contributed by atoms with Gasteiger partial charge in [-0.1, -0.05) is 40.2 Å². The third-order valence-corrected chi connectivity index (χ3v) is 3.36.